The van der Waals surface area contributed by atoms with E-state index in [1.165, 1.54) is 31.9 Å². The van der Waals surface area contributed by atoms with Crippen LogP contribution in [0.25, 0.3) is 0 Å². The predicted octanol–water partition coefficient (Wildman–Crippen LogP) is 3.09. The van der Waals surface area contributed by atoms with Crippen molar-refractivity contribution in [1.82, 2.24) is 4.72 Å². The van der Waals surface area contributed by atoms with Gasteiger partial charge < -0.3 is 9.47 Å². The number of sulfonamides is 1. The van der Waals surface area contributed by atoms with Crippen LogP contribution in [0.15, 0.2) is 53.4 Å². The number of benzene rings is 2. The molecule has 0 aromatic heterocycles. The van der Waals surface area contributed by atoms with Crippen LogP contribution in [0.2, 0.25) is 0 Å². The van der Waals surface area contributed by atoms with Crippen molar-refractivity contribution < 1.29 is 22.7 Å². The van der Waals surface area contributed by atoms with Gasteiger partial charge in [0, 0.05) is 24.1 Å². The van der Waals surface area contributed by atoms with E-state index in [1.807, 2.05) is 30.3 Å². The lowest BCUT2D eigenvalue weighted by Gasteiger charge is -2.14. The third kappa shape index (κ3) is 4.42. The van der Waals surface area contributed by atoms with Crippen LogP contribution < -0.4 is 14.2 Å². The Balaban J connectivity index is 1.72. The highest BCUT2D eigenvalue weighted by molar-refractivity contribution is 7.90. The van der Waals surface area contributed by atoms with E-state index in [9.17, 15) is 13.2 Å². The second kappa shape index (κ2) is 8.00. The van der Waals surface area contributed by atoms with Gasteiger partial charge in [0.25, 0.3) is 10.0 Å². The minimum absolute atomic E-state index is 0.0651. The highest BCUT2D eigenvalue weighted by Gasteiger charge is 2.33. The molecule has 2 aromatic carbocycles. The molecular formula is C20H23NO5S. The van der Waals surface area contributed by atoms with Crippen molar-refractivity contribution in [3.63, 3.8) is 0 Å². The number of ether oxygens (including phenoxy) is 2. The SMILES string of the molecule is COc1cc(OC)cc(S(=O)(=O)NC(=O)[C@H]2CC[C@H](c3ccccc3)C2)c1. The van der Waals surface area contributed by atoms with E-state index in [0.29, 0.717) is 24.3 Å². The minimum Gasteiger partial charge on any atom is -0.497 e. The third-order valence-corrected chi connectivity index (χ3v) is 6.27. The lowest BCUT2D eigenvalue weighted by molar-refractivity contribution is -0.123. The highest BCUT2D eigenvalue weighted by atomic mass is 32.2. The van der Waals surface area contributed by atoms with Crippen LogP contribution in [0.1, 0.15) is 30.7 Å². The molecule has 0 saturated heterocycles. The summed E-state index contributed by atoms with van der Waals surface area (Å²) in [6.45, 7) is 0. The van der Waals surface area contributed by atoms with E-state index in [0.717, 1.165) is 6.42 Å². The Labute approximate surface area is 159 Å². The van der Waals surface area contributed by atoms with E-state index in [-0.39, 0.29) is 16.7 Å². The van der Waals surface area contributed by atoms with Crippen LogP contribution in [-0.4, -0.2) is 28.5 Å². The Morgan fingerprint density at radius 2 is 1.63 bits per heavy atom. The fraction of sp³-hybridized carbons (Fsp3) is 0.350. The van der Waals surface area contributed by atoms with Gasteiger partial charge >= 0.3 is 0 Å². The summed E-state index contributed by atoms with van der Waals surface area (Å²) in [5, 5.41) is 0. The number of nitrogens with one attached hydrogen (secondary N) is 1. The van der Waals surface area contributed by atoms with E-state index < -0.39 is 15.9 Å². The molecule has 1 N–H and O–H groups in total. The summed E-state index contributed by atoms with van der Waals surface area (Å²) in [5.74, 6) is 0.175. The average Bonchev–Trinajstić information content (AvgIpc) is 3.18. The van der Waals surface area contributed by atoms with Crippen molar-refractivity contribution in [3.8, 4) is 11.5 Å². The first-order chi connectivity index (χ1) is 12.9. The van der Waals surface area contributed by atoms with Gasteiger partial charge in [-0.25, -0.2) is 13.1 Å². The molecule has 1 fully saturated rings. The molecule has 0 aliphatic heterocycles. The normalized spacial score (nSPS) is 19.5. The number of carbonyl (C=O) groups excluding carboxylic acids is 1. The third-order valence-electron chi connectivity index (χ3n) is 4.94. The van der Waals surface area contributed by atoms with Gasteiger partial charge in [0.1, 0.15) is 11.5 Å². The van der Waals surface area contributed by atoms with Crippen LogP contribution in [0, 0.1) is 5.92 Å². The van der Waals surface area contributed by atoms with Crippen molar-refractivity contribution in [1.29, 1.82) is 0 Å². The van der Waals surface area contributed by atoms with Crippen LogP contribution in [-0.2, 0) is 14.8 Å². The van der Waals surface area contributed by atoms with E-state index >= 15 is 0 Å². The van der Waals surface area contributed by atoms with Crippen molar-refractivity contribution >= 4 is 15.9 Å². The molecule has 3 rings (SSSR count). The molecule has 0 heterocycles. The van der Waals surface area contributed by atoms with Crippen molar-refractivity contribution in [3.05, 3.63) is 54.1 Å². The van der Waals surface area contributed by atoms with Gasteiger partial charge in [-0.1, -0.05) is 30.3 Å². The summed E-state index contributed by atoms with van der Waals surface area (Å²) in [5.41, 5.74) is 1.19. The largest absolute Gasteiger partial charge is 0.497 e. The smallest absolute Gasteiger partial charge is 0.264 e. The molecule has 1 saturated carbocycles. The van der Waals surface area contributed by atoms with E-state index in [2.05, 4.69) is 4.72 Å². The monoisotopic (exact) mass is 389 g/mol. The molecule has 0 bridgehead atoms. The molecule has 144 valence electrons. The van der Waals surface area contributed by atoms with Gasteiger partial charge in [-0.2, -0.15) is 0 Å². The van der Waals surface area contributed by atoms with Gasteiger partial charge in [-0.3, -0.25) is 4.79 Å². The number of hydrogen-bond donors (Lipinski definition) is 1. The first-order valence-corrected chi connectivity index (χ1v) is 10.3. The maximum absolute atomic E-state index is 12.6. The highest BCUT2D eigenvalue weighted by Crippen LogP contribution is 2.38. The lowest BCUT2D eigenvalue weighted by atomic mass is 9.96. The molecule has 2 aromatic rings. The summed E-state index contributed by atoms with van der Waals surface area (Å²) in [6.07, 6.45) is 2.18. The predicted molar refractivity (Wildman–Crippen MR) is 101 cm³/mol. The quantitative estimate of drug-likeness (QED) is 0.821. The van der Waals surface area contributed by atoms with Crippen molar-refractivity contribution in [2.24, 2.45) is 5.92 Å². The first kappa shape index (κ1) is 19.2. The van der Waals surface area contributed by atoms with Crippen LogP contribution in [0.3, 0.4) is 0 Å². The van der Waals surface area contributed by atoms with Gasteiger partial charge in [0.05, 0.1) is 19.1 Å². The topological polar surface area (TPSA) is 81.7 Å². The van der Waals surface area contributed by atoms with Crippen molar-refractivity contribution in [2.45, 2.75) is 30.1 Å². The average molecular weight is 389 g/mol. The zero-order valence-corrected chi connectivity index (χ0v) is 16.2. The molecule has 1 aliphatic carbocycles. The summed E-state index contributed by atoms with van der Waals surface area (Å²) < 4.78 is 37.7. The molecule has 1 aliphatic rings. The fourth-order valence-corrected chi connectivity index (χ4v) is 4.55. The Hall–Kier alpha value is -2.54. The second-order valence-corrected chi connectivity index (χ2v) is 8.32. The van der Waals surface area contributed by atoms with Crippen LogP contribution in [0.4, 0.5) is 0 Å². The molecule has 1 amide bonds. The van der Waals surface area contributed by atoms with E-state index in [1.54, 1.807) is 6.07 Å². The number of amides is 1. The Bertz CT molecular complexity index is 889. The molecule has 7 heteroatoms. The Morgan fingerprint density at radius 1 is 1.00 bits per heavy atom. The number of rotatable bonds is 6. The van der Waals surface area contributed by atoms with Gasteiger partial charge in [0.2, 0.25) is 5.91 Å². The van der Waals surface area contributed by atoms with Gasteiger partial charge in [-0.05, 0) is 30.7 Å². The zero-order valence-electron chi connectivity index (χ0n) is 15.3. The summed E-state index contributed by atoms with van der Waals surface area (Å²) >= 11 is 0. The molecule has 27 heavy (non-hydrogen) atoms. The summed E-state index contributed by atoms with van der Waals surface area (Å²) in [6, 6.07) is 14.3. The molecule has 6 nitrogen and oxygen atoms in total. The van der Waals surface area contributed by atoms with Gasteiger partial charge in [0.15, 0.2) is 0 Å². The maximum Gasteiger partial charge on any atom is 0.264 e. The van der Waals surface area contributed by atoms with Crippen LogP contribution in [0.5, 0.6) is 11.5 Å². The number of carbonyl (C=O) groups is 1. The molecule has 0 spiro atoms. The number of methoxy groups -OCH3 is 2. The van der Waals surface area contributed by atoms with Crippen LogP contribution >= 0.6 is 0 Å². The molecule has 0 radical (unpaired) electrons. The fourth-order valence-electron chi connectivity index (χ4n) is 3.46. The Kier molecular flexibility index (Phi) is 5.70. The van der Waals surface area contributed by atoms with Gasteiger partial charge in [-0.15, -0.1) is 0 Å². The molecular weight excluding hydrogens is 366 g/mol. The summed E-state index contributed by atoms with van der Waals surface area (Å²) in [7, 11) is -1.13. The lowest BCUT2D eigenvalue weighted by Crippen LogP contribution is -2.34. The van der Waals surface area contributed by atoms with Crippen molar-refractivity contribution in [2.75, 3.05) is 14.2 Å². The van der Waals surface area contributed by atoms with E-state index in [4.69, 9.17) is 9.47 Å². The first-order valence-electron chi connectivity index (χ1n) is 8.77. The molecule has 2 atom stereocenters. The number of hydrogen-bond acceptors (Lipinski definition) is 5. The Morgan fingerprint density at radius 3 is 2.22 bits per heavy atom. The standard InChI is InChI=1S/C20H23NO5S/c1-25-17-11-18(26-2)13-19(12-17)27(23,24)21-20(22)16-9-8-15(10-16)14-6-4-3-5-7-14/h3-7,11-13,15-16H,8-10H2,1-2H3,(H,21,22)/t15-,16-/m0/s1. The maximum atomic E-state index is 12.6. The second-order valence-electron chi connectivity index (χ2n) is 6.64. The minimum atomic E-state index is -4.00. The molecule has 0 unspecified atom stereocenters. The summed E-state index contributed by atoms with van der Waals surface area (Å²) in [4.78, 5) is 12.5. The zero-order chi connectivity index (χ0) is 19.4.